The normalized spacial score (nSPS) is 25.1. The van der Waals surface area contributed by atoms with Crippen LogP contribution < -0.4 is 0 Å². The lowest BCUT2D eigenvalue weighted by molar-refractivity contribution is 0.222. The first-order chi connectivity index (χ1) is 16.8. The zero-order valence-corrected chi connectivity index (χ0v) is 22.9. The smallest absolute Gasteiger partial charge is 0.0739 e. The molecule has 2 fully saturated rings. The molecule has 0 saturated heterocycles. The van der Waals surface area contributed by atoms with Crippen molar-refractivity contribution in [2.45, 2.75) is 141 Å². The first-order valence-electron chi connectivity index (χ1n) is 15.0. The molecule has 0 heterocycles. The molecule has 1 aromatic carbocycles. The fourth-order valence-electron chi connectivity index (χ4n) is 6.68. The van der Waals surface area contributed by atoms with Gasteiger partial charge >= 0.3 is 0 Å². The third-order valence-electron chi connectivity index (χ3n) is 9.05. The van der Waals surface area contributed by atoms with E-state index >= 15 is 0 Å². The van der Waals surface area contributed by atoms with Gasteiger partial charge in [0.15, 0.2) is 0 Å². The van der Waals surface area contributed by atoms with E-state index in [2.05, 4.69) is 41.3 Å². The fourth-order valence-corrected chi connectivity index (χ4v) is 6.79. The van der Waals surface area contributed by atoms with Crippen molar-refractivity contribution in [1.29, 1.82) is 0 Å². The van der Waals surface area contributed by atoms with E-state index in [1.807, 2.05) is 0 Å². The number of nitrogens with zero attached hydrogens (tertiary/aromatic N) is 1. The van der Waals surface area contributed by atoms with E-state index in [-0.39, 0.29) is 0 Å². The topological polar surface area (TPSA) is 12.4 Å². The van der Waals surface area contributed by atoms with Crippen LogP contribution in [0, 0.1) is 17.8 Å². The Morgan fingerprint density at radius 2 is 1.12 bits per heavy atom. The third-order valence-corrected chi connectivity index (χ3v) is 9.14. The van der Waals surface area contributed by atoms with Gasteiger partial charge in [-0.25, -0.2) is 0 Å². The van der Waals surface area contributed by atoms with Crippen molar-refractivity contribution in [1.82, 2.24) is 0 Å². The predicted molar refractivity (Wildman–Crippen MR) is 152 cm³/mol. The van der Waals surface area contributed by atoms with Crippen LogP contribution in [0.25, 0.3) is 0 Å². The standard InChI is InChI=1S/C32H51NS/c1-2-3-4-5-6-7-8-9-10-11-27-12-14-28(15-13-27)16-17-29-18-20-30(21-19-29)31-22-24-32(25-23-31)33-26-34/h22-25,27-30H,2-21H2,1H3. The highest BCUT2D eigenvalue weighted by atomic mass is 32.1. The Balaban J connectivity index is 1.19. The van der Waals surface area contributed by atoms with E-state index in [0.717, 1.165) is 29.4 Å². The van der Waals surface area contributed by atoms with E-state index in [4.69, 9.17) is 12.2 Å². The SMILES string of the molecule is CCCCCCCCCCCC1CCC(CCC2CCC(c3ccc(N=C=S)cc3)CC2)CC1. The van der Waals surface area contributed by atoms with Crippen molar-refractivity contribution in [3.05, 3.63) is 29.8 Å². The van der Waals surface area contributed by atoms with E-state index in [1.165, 1.54) is 134 Å². The van der Waals surface area contributed by atoms with Crippen LogP contribution in [0.4, 0.5) is 5.69 Å². The molecule has 0 atom stereocenters. The van der Waals surface area contributed by atoms with Gasteiger partial charge in [-0.2, -0.15) is 4.99 Å². The number of aliphatic imine (C=N–C) groups is 1. The molecule has 2 heteroatoms. The second-order valence-corrected chi connectivity index (χ2v) is 11.8. The van der Waals surface area contributed by atoms with Gasteiger partial charge in [0.25, 0.3) is 0 Å². The maximum atomic E-state index is 4.71. The van der Waals surface area contributed by atoms with Gasteiger partial charge in [-0.1, -0.05) is 122 Å². The van der Waals surface area contributed by atoms with Crippen molar-refractivity contribution in [3.8, 4) is 0 Å². The zero-order valence-electron chi connectivity index (χ0n) is 22.1. The van der Waals surface area contributed by atoms with Gasteiger partial charge in [-0.3, -0.25) is 0 Å². The van der Waals surface area contributed by atoms with Gasteiger partial charge in [-0.15, -0.1) is 0 Å². The summed E-state index contributed by atoms with van der Waals surface area (Å²) in [4.78, 5) is 4.08. The number of rotatable bonds is 15. The number of unbranched alkanes of at least 4 members (excludes halogenated alkanes) is 8. The molecule has 2 aliphatic carbocycles. The van der Waals surface area contributed by atoms with Crippen LogP contribution >= 0.6 is 12.2 Å². The molecule has 2 saturated carbocycles. The first kappa shape index (κ1) is 27.6. The number of thiocarbonyl (C=S) groups is 1. The number of benzene rings is 1. The Morgan fingerprint density at radius 3 is 1.65 bits per heavy atom. The van der Waals surface area contributed by atoms with E-state index in [0.29, 0.717) is 0 Å². The molecule has 0 aromatic heterocycles. The summed E-state index contributed by atoms with van der Waals surface area (Å²) in [5, 5.41) is 2.46. The maximum absolute atomic E-state index is 4.71. The average Bonchev–Trinajstić information content (AvgIpc) is 2.88. The Kier molecular flexibility index (Phi) is 13.5. The van der Waals surface area contributed by atoms with Gasteiger partial charge in [0, 0.05) is 0 Å². The molecule has 1 nitrogen and oxygen atoms in total. The van der Waals surface area contributed by atoms with E-state index < -0.39 is 0 Å². The largest absolute Gasteiger partial charge is 0.195 e. The van der Waals surface area contributed by atoms with Gasteiger partial charge in [-0.05, 0) is 79.3 Å². The van der Waals surface area contributed by atoms with Gasteiger partial charge in [0.1, 0.15) is 0 Å². The van der Waals surface area contributed by atoms with Crippen molar-refractivity contribution in [3.63, 3.8) is 0 Å². The molecule has 190 valence electrons. The Labute approximate surface area is 216 Å². The highest BCUT2D eigenvalue weighted by molar-refractivity contribution is 7.78. The highest BCUT2D eigenvalue weighted by Gasteiger charge is 2.25. The lowest BCUT2D eigenvalue weighted by atomic mass is 9.74. The molecule has 0 spiro atoms. The number of hydrogen-bond acceptors (Lipinski definition) is 2. The Bertz CT molecular complexity index is 688. The molecule has 0 unspecified atom stereocenters. The average molecular weight is 482 g/mol. The van der Waals surface area contributed by atoms with Crippen molar-refractivity contribution < 1.29 is 0 Å². The van der Waals surface area contributed by atoms with E-state index in [9.17, 15) is 0 Å². The van der Waals surface area contributed by atoms with Gasteiger partial charge < -0.3 is 0 Å². The lowest BCUT2D eigenvalue weighted by Crippen LogP contribution is -2.17. The molecule has 0 bridgehead atoms. The van der Waals surface area contributed by atoms with Crippen LogP contribution in [0.15, 0.2) is 29.3 Å². The molecule has 34 heavy (non-hydrogen) atoms. The summed E-state index contributed by atoms with van der Waals surface area (Å²) in [7, 11) is 0. The molecule has 3 rings (SSSR count). The summed E-state index contributed by atoms with van der Waals surface area (Å²) in [6.45, 7) is 2.31. The van der Waals surface area contributed by atoms with Gasteiger partial charge in [0.2, 0.25) is 0 Å². The molecule has 0 aliphatic heterocycles. The summed E-state index contributed by atoms with van der Waals surface area (Å²) < 4.78 is 0. The summed E-state index contributed by atoms with van der Waals surface area (Å²) in [5.41, 5.74) is 2.42. The summed E-state index contributed by atoms with van der Waals surface area (Å²) in [5.74, 6) is 3.82. The van der Waals surface area contributed by atoms with Crippen molar-refractivity contribution >= 4 is 23.1 Å². The Hall–Kier alpha value is -0.980. The van der Waals surface area contributed by atoms with Gasteiger partial charge in [0.05, 0.1) is 10.8 Å². The van der Waals surface area contributed by atoms with Crippen LogP contribution in [-0.4, -0.2) is 5.16 Å². The number of isothiocyanates is 1. The predicted octanol–water partition coefficient (Wildman–Crippen LogP) is 11.2. The minimum Gasteiger partial charge on any atom is -0.195 e. The maximum Gasteiger partial charge on any atom is 0.0739 e. The molecule has 2 aliphatic rings. The minimum atomic E-state index is 0.748. The van der Waals surface area contributed by atoms with Crippen LogP contribution in [0.3, 0.4) is 0 Å². The first-order valence-corrected chi connectivity index (χ1v) is 15.4. The zero-order chi connectivity index (χ0) is 23.8. The second kappa shape index (κ2) is 16.6. The second-order valence-electron chi connectivity index (χ2n) is 11.6. The van der Waals surface area contributed by atoms with Crippen LogP contribution in [0.2, 0.25) is 0 Å². The summed E-state index contributed by atoms with van der Waals surface area (Å²) in [6.07, 6.45) is 29.4. The molecular formula is C32H51NS. The molecule has 0 N–H and O–H groups in total. The van der Waals surface area contributed by atoms with Crippen LogP contribution in [-0.2, 0) is 0 Å². The quantitative estimate of drug-likeness (QED) is 0.138. The summed E-state index contributed by atoms with van der Waals surface area (Å²) >= 11 is 4.71. The van der Waals surface area contributed by atoms with E-state index in [1.54, 1.807) is 0 Å². The van der Waals surface area contributed by atoms with Crippen molar-refractivity contribution in [2.75, 3.05) is 0 Å². The lowest BCUT2D eigenvalue weighted by Gasteiger charge is -2.32. The van der Waals surface area contributed by atoms with Crippen LogP contribution in [0.5, 0.6) is 0 Å². The minimum absolute atomic E-state index is 0.748. The molecule has 0 radical (unpaired) electrons. The van der Waals surface area contributed by atoms with Crippen LogP contribution in [0.1, 0.15) is 147 Å². The number of hydrogen-bond donors (Lipinski definition) is 0. The Morgan fingerprint density at radius 1 is 0.647 bits per heavy atom. The monoisotopic (exact) mass is 481 g/mol. The molecular weight excluding hydrogens is 430 g/mol. The third kappa shape index (κ3) is 10.3. The van der Waals surface area contributed by atoms with Crippen molar-refractivity contribution in [2.24, 2.45) is 22.7 Å². The fraction of sp³-hybridized carbons (Fsp3) is 0.781. The highest BCUT2D eigenvalue weighted by Crippen LogP contribution is 2.40. The molecule has 0 amide bonds. The molecule has 1 aromatic rings. The summed E-state index contributed by atoms with van der Waals surface area (Å²) in [6, 6.07) is 8.69.